The first-order valence-electron chi connectivity index (χ1n) is 6.66. The summed E-state index contributed by atoms with van der Waals surface area (Å²) in [7, 11) is 0. The van der Waals surface area contributed by atoms with Crippen LogP contribution in [0.15, 0.2) is 24.3 Å². The van der Waals surface area contributed by atoms with Gasteiger partial charge in [0.15, 0.2) is 0 Å². The van der Waals surface area contributed by atoms with E-state index in [-0.39, 0.29) is 18.8 Å². The molecule has 0 saturated heterocycles. The number of halogens is 2. The summed E-state index contributed by atoms with van der Waals surface area (Å²) < 4.78 is 26.1. The second kappa shape index (κ2) is 5.35. The molecule has 0 amide bonds. The summed E-state index contributed by atoms with van der Waals surface area (Å²) in [4.78, 5) is 0. The predicted molar refractivity (Wildman–Crippen MR) is 67.7 cm³/mol. The van der Waals surface area contributed by atoms with Crippen LogP contribution >= 0.6 is 0 Å². The second-order valence-electron chi connectivity index (χ2n) is 5.23. The largest absolute Gasteiger partial charge is 0.388 e. The summed E-state index contributed by atoms with van der Waals surface area (Å²) in [5, 5.41) is 10.2. The van der Waals surface area contributed by atoms with Crippen molar-refractivity contribution >= 4 is 0 Å². The lowest BCUT2D eigenvalue weighted by Crippen LogP contribution is -2.27. The van der Waals surface area contributed by atoms with E-state index in [9.17, 15) is 13.9 Å². The number of benzene rings is 1. The molecule has 100 valence electrons. The third-order valence-corrected chi connectivity index (χ3v) is 3.94. The average molecular weight is 254 g/mol. The Morgan fingerprint density at radius 3 is 2.28 bits per heavy atom. The summed E-state index contributed by atoms with van der Waals surface area (Å²) >= 11 is 0. The van der Waals surface area contributed by atoms with Crippen LogP contribution in [0.3, 0.4) is 0 Å². The number of alkyl halides is 2. The molecule has 0 aromatic heterocycles. The van der Waals surface area contributed by atoms with Crippen LogP contribution in [0.5, 0.6) is 0 Å². The molecule has 1 aromatic rings. The minimum Gasteiger partial charge on any atom is -0.388 e. The van der Waals surface area contributed by atoms with E-state index in [0.29, 0.717) is 12.8 Å². The Kier molecular flexibility index (Phi) is 4.00. The van der Waals surface area contributed by atoms with E-state index in [1.807, 2.05) is 24.3 Å². The van der Waals surface area contributed by atoms with Crippen LogP contribution in [-0.4, -0.2) is 11.0 Å². The number of hydrogen-bond acceptors (Lipinski definition) is 1. The Morgan fingerprint density at radius 2 is 1.78 bits per heavy atom. The Morgan fingerprint density at radius 1 is 1.22 bits per heavy atom. The lowest BCUT2D eigenvalue weighted by atomic mass is 9.81. The van der Waals surface area contributed by atoms with Gasteiger partial charge >= 0.3 is 0 Å². The zero-order chi connectivity index (χ0) is 13.2. The van der Waals surface area contributed by atoms with E-state index in [0.717, 1.165) is 12.0 Å². The molecule has 1 aromatic carbocycles. The van der Waals surface area contributed by atoms with Crippen molar-refractivity contribution in [2.24, 2.45) is 5.92 Å². The molecular formula is C15H20F2O. The highest BCUT2D eigenvalue weighted by atomic mass is 19.3. The van der Waals surface area contributed by atoms with E-state index >= 15 is 0 Å². The molecule has 0 bridgehead atoms. The van der Waals surface area contributed by atoms with Gasteiger partial charge in [-0.1, -0.05) is 31.2 Å². The topological polar surface area (TPSA) is 20.2 Å². The summed E-state index contributed by atoms with van der Waals surface area (Å²) in [5.74, 6) is -2.56. The van der Waals surface area contributed by atoms with Crippen LogP contribution in [-0.2, 0) is 6.42 Å². The smallest absolute Gasteiger partial charge is 0.248 e. The van der Waals surface area contributed by atoms with Gasteiger partial charge < -0.3 is 5.11 Å². The summed E-state index contributed by atoms with van der Waals surface area (Å²) in [6.45, 7) is 2.08. The number of aryl methyl sites for hydroxylation is 1. The van der Waals surface area contributed by atoms with Gasteiger partial charge in [0.2, 0.25) is 5.92 Å². The monoisotopic (exact) mass is 254 g/mol. The maximum atomic E-state index is 13.1. The van der Waals surface area contributed by atoms with Gasteiger partial charge in [-0.15, -0.1) is 0 Å². The third kappa shape index (κ3) is 3.08. The highest BCUT2D eigenvalue weighted by molar-refractivity contribution is 5.24. The standard InChI is InChI=1S/C15H20F2O/c1-2-11-3-5-12(6-4-11)14(18)13-7-9-15(16,17)10-8-13/h3-6,13-14,18H,2,7-10H2,1H3. The molecule has 2 rings (SSSR count). The van der Waals surface area contributed by atoms with Gasteiger partial charge in [-0.25, -0.2) is 8.78 Å². The summed E-state index contributed by atoms with van der Waals surface area (Å²) in [5.41, 5.74) is 2.07. The molecule has 1 atom stereocenters. The summed E-state index contributed by atoms with van der Waals surface area (Å²) in [6, 6.07) is 7.82. The van der Waals surface area contributed by atoms with Crippen LogP contribution in [0.2, 0.25) is 0 Å². The van der Waals surface area contributed by atoms with Crippen molar-refractivity contribution in [1.29, 1.82) is 0 Å². The highest BCUT2D eigenvalue weighted by Crippen LogP contribution is 2.41. The van der Waals surface area contributed by atoms with Gasteiger partial charge in [0.25, 0.3) is 0 Å². The molecular weight excluding hydrogens is 234 g/mol. The molecule has 0 radical (unpaired) electrons. The molecule has 0 aliphatic heterocycles. The van der Waals surface area contributed by atoms with E-state index < -0.39 is 12.0 Å². The van der Waals surface area contributed by atoms with Gasteiger partial charge in [-0.05, 0) is 36.3 Å². The van der Waals surface area contributed by atoms with E-state index in [4.69, 9.17) is 0 Å². The Hall–Kier alpha value is -0.960. The fraction of sp³-hybridized carbons (Fsp3) is 0.600. The maximum Gasteiger partial charge on any atom is 0.248 e. The zero-order valence-electron chi connectivity index (χ0n) is 10.7. The highest BCUT2D eigenvalue weighted by Gasteiger charge is 2.37. The lowest BCUT2D eigenvalue weighted by molar-refractivity contribution is -0.0627. The second-order valence-corrected chi connectivity index (χ2v) is 5.23. The van der Waals surface area contributed by atoms with Crippen LogP contribution in [0.25, 0.3) is 0 Å². The van der Waals surface area contributed by atoms with Crippen molar-refractivity contribution in [3.8, 4) is 0 Å². The normalized spacial score (nSPS) is 21.8. The molecule has 1 unspecified atom stereocenters. The van der Waals surface area contributed by atoms with Crippen molar-refractivity contribution in [1.82, 2.24) is 0 Å². The zero-order valence-corrected chi connectivity index (χ0v) is 10.7. The molecule has 18 heavy (non-hydrogen) atoms. The first-order valence-corrected chi connectivity index (χ1v) is 6.66. The first-order chi connectivity index (χ1) is 8.52. The number of hydrogen-bond donors (Lipinski definition) is 1. The van der Waals surface area contributed by atoms with Gasteiger partial charge in [-0.2, -0.15) is 0 Å². The molecule has 1 N–H and O–H groups in total. The first kappa shape index (κ1) is 13.5. The number of rotatable bonds is 3. The van der Waals surface area contributed by atoms with Crippen LogP contribution in [0, 0.1) is 5.92 Å². The maximum absolute atomic E-state index is 13.1. The van der Waals surface area contributed by atoms with E-state index in [1.54, 1.807) is 0 Å². The van der Waals surface area contributed by atoms with Crippen molar-refractivity contribution in [3.05, 3.63) is 35.4 Å². The van der Waals surface area contributed by atoms with Gasteiger partial charge in [-0.3, -0.25) is 0 Å². The molecule has 3 heteroatoms. The molecule has 0 heterocycles. The van der Waals surface area contributed by atoms with Crippen LogP contribution in [0.1, 0.15) is 49.8 Å². The van der Waals surface area contributed by atoms with Gasteiger partial charge in [0.1, 0.15) is 0 Å². The summed E-state index contributed by atoms with van der Waals surface area (Å²) in [6.07, 6.45) is 0.982. The molecule has 1 fully saturated rings. The fourth-order valence-corrected chi connectivity index (χ4v) is 2.60. The van der Waals surface area contributed by atoms with Crippen molar-refractivity contribution < 1.29 is 13.9 Å². The van der Waals surface area contributed by atoms with Crippen LogP contribution in [0.4, 0.5) is 8.78 Å². The average Bonchev–Trinajstić information content (AvgIpc) is 2.38. The minimum atomic E-state index is -2.53. The Bertz CT molecular complexity index is 376. The molecule has 1 nitrogen and oxygen atoms in total. The predicted octanol–water partition coefficient (Wildman–Crippen LogP) is 4.11. The molecule has 1 aliphatic carbocycles. The van der Waals surface area contributed by atoms with Crippen molar-refractivity contribution in [3.63, 3.8) is 0 Å². The third-order valence-electron chi connectivity index (χ3n) is 3.94. The number of aliphatic hydroxyl groups excluding tert-OH is 1. The Labute approximate surface area is 107 Å². The van der Waals surface area contributed by atoms with Gasteiger partial charge in [0.05, 0.1) is 6.10 Å². The van der Waals surface area contributed by atoms with Gasteiger partial charge in [0, 0.05) is 12.8 Å². The van der Waals surface area contributed by atoms with Crippen molar-refractivity contribution in [2.45, 2.75) is 51.1 Å². The molecule has 1 saturated carbocycles. The van der Waals surface area contributed by atoms with Crippen molar-refractivity contribution in [2.75, 3.05) is 0 Å². The molecule has 1 aliphatic rings. The quantitative estimate of drug-likeness (QED) is 0.860. The minimum absolute atomic E-state index is 0.0305. The van der Waals surface area contributed by atoms with E-state index in [2.05, 4.69) is 6.92 Å². The number of aliphatic hydroxyl groups is 1. The van der Waals surface area contributed by atoms with Crippen LogP contribution < -0.4 is 0 Å². The van der Waals surface area contributed by atoms with E-state index in [1.165, 1.54) is 5.56 Å². The Balaban J connectivity index is 2.00. The lowest BCUT2D eigenvalue weighted by Gasteiger charge is -2.31. The fourth-order valence-electron chi connectivity index (χ4n) is 2.60. The SMILES string of the molecule is CCc1ccc(C(O)C2CCC(F)(F)CC2)cc1. The molecule has 0 spiro atoms.